The average Bonchev–Trinajstić information content (AvgIpc) is 2.66. The Labute approximate surface area is 156 Å². The summed E-state index contributed by atoms with van der Waals surface area (Å²) >= 11 is 6.31. The molecular weight excluding hydrogens is 352 g/mol. The summed E-state index contributed by atoms with van der Waals surface area (Å²) < 4.78 is 16.6. The van der Waals surface area contributed by atoms with Crippen molar-refractivity contribution in [1.82, 2.24) is 4.98 Å². The summed E-state index contributed by atoms with van der Waals surface area (Å²) in [6.07, 6.45) is 0. The molecule has 0 atom stereocenters. The van der Waals surface area contributed by atoms with Crippen molar-refractivity contribution in [1.29, 1.82) is 5.26 Å². The number of hydrogen-bond donors (Lipinski definition) is 0. The molecule has 0 radical (unpaired) electrons. The van der Waals surface area contributed by atoms with Gasteiger partial charge in [-0.2, -0.15) is 5.26 Å². The van der Waals surface area contributed by atoms with Gasteiger partial charge in [-0.3, -0.25) is 0 Å². The van der Waals surface area contributed by atoms with Crippen LogP contribution in [0.4, 0.5) is 0 Å². The third-order valence-electron chi connectivity index (χ3n) is 3.81. The van der Waals surface area contributed by atoms with E-state index in [-0.39, 0.29) is 6.61 Å². The molecule has 0 spiro atoms. The van der Waals surface area contributed by atoms with Crippen LogP contribution in [-0.4, -0.2) is 18.7 Å². The van der Waals surface area contributed by atoms with Crippen molar-refractivity contribution in [2.75, 3.05) is 13.7 Å². The maximum absolute atomic E-state index is 9.02. The van der Waals surface area contributed by atoms with E-state index in [9.17, 15) is 0 Å². The second-order valence-corrected chi connectivity index (χ2v) is 5.85. The first-order chi connectivity index (χ1) is 12.6. The van der Waals surface area contributed by atoms with Gasteiger partial charge in [0.25, 0.3) is 0 Å². The van der Waals surface area contributed by atoms with Gasteiger partial charge in [0.05, 0.1) is 30.9 Å². The molecule has 0 saturated heterocycles. The van der Waals surface area contributed by atoms with Crippen LogP contribution in [0.15, 0.2) is 42.5 Å². The SMILES string of the molecule is CCOc1cc(C#N)ccc1OCc1cc2ccc(OC)cc2nc1Cl. The molecule has 0 saturated carbocycles. The van der Waals surface area contributed by atoms with Crippen molar-refractivity contribution >= 4 is 22.5 Å². The highest BCUT2D eigenvalue weighted by Crippen LogP contribution is 2.30. The zero-order valence-corrected chi connectivity index (χ0v) is 15.2. The van der Waals surface area contributed by atoms with Crippen molar-refractivity contribution in [3.63, 3.8) is 0 Å². The van der Waals surface area contributed by atoms with E-state index in [1.54, 1.807) is 25.3 Å². The molecule has 0 amide bonds. The first-order valence-corrected chi connectivity index (χ1v) is 8.45. The molecular formula is C20H17ClN2O3. The van der Waals surface area contributed by atoms with Crippen molar-refractivity contribution < 1.29 is 14.2 Å². The number of nitrogens with zero attached hydrogens (tertiary/aromatic N) is 2. The number of aromatic nitrogens is 1. The Morgan fingerprint density at radius 3 is 2.65 bits per heavy atom. The molecule has 0 aliphatic carbocycles. The fraction of sp³-hybridized carbons (Fsp3) is 0.200. The normalized spacial score (nSPS) is 10.4. The zero-order chi connectivity index (χ0) is 18.5. The largest absolute Gasteiger partial charge is 0.497 e. The fourth-order valence-corrected chi connectivity index (χ4v) is 2.72. The highest BCUT2D eigenvalue weighted by Gasteiger charge is 2.10. The van der Waals surface area contributed by atoms with Gasteiger partial charge >= 0.3 is 0 Å². The standard InChI is InChI=1S/C20H17ClN2O3/c1-3-25-19-8-13(11-22)4-7-18(19)26-12-15-9-14-5-6-16(24-2)10-17(14)23-20(15)21/h4-10H,3,12H2,1-2H3. The van der Waals surface area contributed by atoms with Crippen LogP contribution in [0.1, 0.15) is 18.1 Å². The Balaban J connectivity index is 1.85. The molecule has 2 aromatic carbocycles. The van der Waals surface area contributed by atoms with Crippen LogP contribution in [0.2, 0.25) is 5.15 Å². The zero-order valence-electron chi connectivity index (χ0n) is 14.5. The number of ether oxygens (including phenoxy) is 3. The number of halogens is 1. The van der Waals surface area contributed by atoms with Crippen molar-refractivity contribution in [3.05, 3.63) is 58.7 Å². The van der Waals surface area contributed by atoms with Crippen LogP contribution in [-0.2, 0) is 6.61 Å². The molecule has 6 heteroatoms. The highest BCUT2D eigenvalue weighted by molar-refractivity contribution is 6.30. The molecule has 1 heterocycles. The van der Waals surface area contributed by atoms with Crippen LogP contribution >= 0.6 is 11.6 Å². The summed E-state index contributed by atoms with van der Waals surface area (Å²) in [7, 11) is 1.61. The van der Waals surface area contributed by atoms with E-state index in [0.29, 0.717) is 28.8 Å². The molecule has 0 unspecified atom stereocenters. The molecule has 132 valence electrons. The first-order valence-electron chi connectivity index (χ1n) is 8.07. The number of hydrogen-bond acceptors (Lipinski definition) is 5. The van der Waals surface area contributed by atoms with E-state index < -0.39 is 0 Å². The summed E-state index contributed by atoms with van der Waals surface area (Å²) in [4.78, 5) is 4.41. The van der Waals surface area contributed by atoms with Gasteiger partial charge in [0.15, 0.2) is 11.5 Å². The number of pyridine rings is 1. The summed E-state index contributed by atoms with van der Waals surface area (Å²) in [6, 6.07) is 14.7. The Bertz CT molecular complexity index is 983. The van der Waals surface area contributed by atoms with Gasteiger partial charge in [0.1, 0.15) is 17.5 Å². The van der Waals surface area contributed by atoms with E-state index >= 15 is 0 Å². The third-order valence-corrected chi connectivity index (χ3v) is 4.13. The number of nitriles is 1. The maximum atomic E-state index is 9.02. The lowest BCUT2D eigenvalue weighted by molar-refractivity contribution is 0.269. The van der Waals surface area contributed by atoms with Gasteiger partial charge in [-0.15, -0.1) is 0 Å². The quantitative estimate of drug-likeness (QED) is 0.587. The third kappa shape index (κ3) is 3.81. The van der Waals surface area contributed by atoms with E-state index in [0.717, 1.165) is 22.2 Å². The van der Waals surface area contributed by atoms with Gasteiger partial charge < -0.3 is 14.2 Å². The smallest absolute Gasteiger partial charge is 0.162 e. The van der Waals surface area contributed by atoms with Crippen molar-refractivity contribution in [3.8, 4) is 23.3 Å². The van der Waals surface area contributed by atoms with Gasteiger partial charge in [-0.1, -0.05) is 11.6 Å². The van der Waals surface area contributed by atoms with Crippen LogP contribution in [0, 0.1) is 11.3 Å². The minimum atomic E-state index is 0.236. The van der Waals surface area contributed by atoms with Crippen molar-refractivity contribution in [2.24, 2.45) is 0 Å². The lowest BCUT2D eigenvalue weighted by Gasteiger charge is -2.13. The molecule has 3 aromatic rings. The molecule has 0 N–H and O–H groups in total. The molecule has 5 nitrogen and oxygen atoms in total. The minimum absolute atomic E-state index is 0.236. The average molecular weight is 369 g/mol. The van der Waals surface area contributed by atoms with Gasteiger partial charge in [0.2, 0.25) is 0 Å². The number of methoxy groups -OCH3 is 1. The summed E-state index contributed by atoms with van der Waals surface area (Å²) in [5.74, 6) is 1.81. The van der Waals surface area contributed by atoms with E-state index in [1.165, 1.54) is 0 Å². The van der Waals surface area contributed by atoms with E-state index in [1.807, 2.05) is 31.2 Å². The molecule has 0 aliphatic rings. The molecule has 26 heavy (non-hydrogen) atoms. The monoisotopic (exact) mass is 368 g/mol. The topological polar surface area (TPSA) is 64.4 Å². The van der Waals surface area contributed by atoms with Crippen LogP contribution < -0.4 is 14.2 Å². The molecule has 0 fully saturated rings. The molecule has 0 aliphatic heterocycles. The highest BCUT2D eigenvalue weighted by atomic mass is 35.5. The minimum Gasteiger partial charge on any atom is -0.497 e. The maximum Gasteiger partial charge on any atom is 0.162 e. The van der Waals surface area contributed by atoms with Gasteiger partial charge in [-0.05, 0) is 37.3 Å². The number of fused-ring (bicyclic) bond motifs is 1. The predicted octanol–water partition coefficient (Wildman–Crippen LogP) is 4.75. The Morgan fingerprint density at radius 1 is 1.08 bits per heavy atom. The lowest BCUT2D eigenvalue weighted by Crippen LogP contribution is -2.01. The summed E-state index contributed by atoms with van der Waals surface area (Å²) in [5, 5.41) is 10.3. The van der Waals surface area contributed by atoms with Crippen LogP contribution in [0.5, 0.6) is 17.2 Å². The Kier molecular flexibility index (Phi) is 5.45. The van der Waals surface area contributed by atoms with Gasteiger partial charge in [0, 0.05) is 23.1 Å². The van der Waals surface area contributed by atoms with Crippen molar-refractivity contribution in [2.45, 2.75) is 13.5 Å². The van der Waals surface area contributed by atoms with Gasteiger partial charge in [-0.25, -0.2) is 4.98 Å². The molecule has 1 aromatic heterocycles. The van der Waals surface area contributed by atoms with Crippen LogP contribution in [0.25, 0.3) is 10.9 Å². The number of benzene rings is 2. The molecule has 0 bridgehead atoms. The Morgan fingerprint density at radius 2 is 1.92 bits per heavy atom. The fourth-order valence-electron chi connectivity index (χ4n) is 2.52. The summed E-state index contributed by atoms with van der Waals surface area (Å²) in [6.45, 7) is 2.59. The predicted molar refractivity (Wildman–Crippen MR) is 100.0 cm³/mol. The van der Waals surface area contributed by atoms with E-state index in [4.69, 9.17) is 31.1 Å². The molecule has 3 rings (SSSR count). The lowest BCUT2D eigenvalue weighted by atomic mass is 10.1. The first kappa shape index (κ1) is 17.8. The number of rotatable bonds is 6. The van der Waals surface area contributed by atoms with E-state index in [2.05, 4.69) is 11.1 Å². The van der Waals surface area contributed by atoms with Crippen LogP contribution in [0.3, 0.4) is 0 Å². The Hall–Kier alpha value is -2.97. The second kappa shape index (κ2) is 7.94. The second-order valence-electron chi connectivity index (χ2n) is 5.49. The summed E-state index contributed by atoms with van der Waals surface area (Å²) in [5.41, 5.74) is 2.03.